The van der Waals surface area contributed by atoms with Gasteiger partial charge in [-0.15, -0.1) is 12.6 Å². The molecule has 0 aliphatic heterocycles. The second-order valence-corrected chi connectivity index (χ2v) is 5.91. The van der Waals surface area contributed by atoms with Gasteiger partial charge in [-0.1, -0.05) is 31.5 Å². The van der Waals surface area contributed by atoms with Gasteiger partial charge in [0.1, 0.15) is 6.61 Å². The van der Waals surface area contributed by atoms with Crippen LogP contribution in [0.2, 0.25) is 0 Å². The van der Waals surface area contributed by atoms with E-state index in [0.717, 1.165) is 11.4 Å². The Hall–Kier alpha value is -1.85. The van der Waals surface area contributed by atoms with Crippen LogP contribution in [0.25, 0.3) is 0 Å². The molecular formula is C20H32N2O2S. The van der Waals surface area contributed by atoms with Crippen molar-refractivity contribution in [1.29, 1.82) is 0 Å². The van der Waals surface area contributed by atoms with Gasteiger partial charge < -0.3 is 20.1 Å². The lowest BCUT2D eigenvalue weighted by molar-refractivity contribution is 0.251. The average molecular weight is 365 g/mol. The van der Waals surface area contributed by atoms with E-state index in [0.29, 0.717) is 23.8 Å². The van der Waals surface area contributed by atoms with Crippen LogP contribution in [0.1, 0.15) is 19.4 Å². The number of hydrogen-bond donors (Lipinski definition) is 2. The highest BCUT2D eigenvalue weighted by Gasteiger charge is 2.04. The molecule has 0 fully saturated rings. The van der Waals surface area contributed by atoms with Gasteiger partial charge in [0.15, 0.2) is 11.5 Å². The van der Waals surface area contributed by atoms with E-state index in [1.54, 1.807) is 25.3 Å². The first-order valence-corrected chi connectivity index (χ1v) is 8.83. The number of aryl methyl sites for hydroxylation is 1. The highest BCUT2D eigenvalue weighted by atomic mass is 32.1. The Morgan fingerprint density at radius 1 is 1.00 bits per heavy atom. The standard InChI is InChI=1S/C11H18N2O2.C7H8S.C2H6/c1-13(2)6-7-15-11-8-9(12)4-5-10(11)14-3;1-6-2-4-7(8)5-3-6;1-2/h4-5,8H,6-7,12H2,1-3H3;2-5,8H,1H3;1-2H3. The molecule has 0 saturated heterocycles. The minimum atomic E-state index is 0.618. The Morgan fingerprint density at radius 3 is 2.08 bits per heavy atom. The lowest BCUT2D eigenvalue weighted by atomic mass is 10.2. The summed E-state index contributed by atoms with van der Waals surface area (Å²) in [5, 5.41) is 0. The predicted octanol–water partition coefficient (Wildman–Crippen LogP) is 4.53. The Morgan fingerprint density at radius 2 is 1.60 bits per heavy atom. The first kappa shape index (κ1) is 23.1. The van der Waals surface area contributed by atoms with Crippen molar-refractivity contribution in [2.24, 2.45) is 0 Å². The van der Waals surface area contributed by atoms with Crippen molar-refractivity contribution in [3.63, 3.8) is 0 Å². The molecule has 2 aromatic carbocycles. The van der Waals surface area contributed by atoms with Gasteiger partial charge in [-0.2, -0.15) is 0 Å². The molecule has 25 heavy (non-hydrogen) atoms. The van der Waals surface area contributed by atoms with Crippen molar-refractivity contribution >= 4 is 18.3 Å². The van der Waals surface area contributed by atoms with E-state index in [9.17, 15) is 0 Å². The monoisotopic (exact) mass is 364 g/mol. The summed E-state index contributed by atoms with van der Waals surface area (Å²) in [4.78, 5) is 3.08. The van der Waals surface area contributed by atoms with Crippen molar-refractivity contribution in [3.8, 4) is 11.5 Å². The largest absolute Gasteiger partial charge is 0.493 e. The number of benzene rings is 2. The molecule has 0 heterocycles. The van der Waals surface area contributed by atoms with Crippen LogP contribution >= 0.6 is 12.6 Å². The highest BCUT2D eigenvalue weighted by molar-refractivity contribution is 7.80. The molecule has 0 aliphatic carbocycles. The molecule has 0 unspecified atom stereocenters. The lowest BCUT2D eigenvalue weighted by Gasteiger charge is -2.13. The first-order chi connectivity index (χ1) is 11.9. The molecule has 0 amide bonds. The molecule has 0 aliphatic rings. The molecule has 2 rings (SSSR count). The van der Waals surface area contributed by atoms with Crippen LogP contribution in [0, 0.1) is 6.92 Å². The second kappa shape index (κ2) is 13.4. The number of anilines is 1. The van der Waals surface area contributed by atoms with Gasteiger partial charge in [0, 0.05) is 23.2 Å². The summed E-state index contributed by atoms with van der Waals surface area (Å²) >= 11 is 4.13. The Balaban J connectivity index is 0.000000483. The van der Waals surface area contributed by atoms with Crippen LogP contribution in [0.4, 0.5) is 5.69 Å². The molecule has 0 spiro atoms. The quantitative estimate of drug-likeness (QED) is 0.604. The normalized spacial score (nSPS) is 9.44. The smallest absolute Gasteiger partial charge is 0.163 e. The van der Waals surface area contributed by atoms with E-state index in [4.69, 9.17) is 15.2 Å². The molecule has 5 heteroatoms. The summed E-state index contributed by atoms with van der Waals surface area (Å²) in [6, 6.07) is 13.4. The van der Waals surface area contributed by atoms with E-state index in [1.807, 2.05) is 52.2 Å². The third kappa shape index (κ3) is 10.6. The molecule has 0 atom stereocenters. The fourth-order valence-corrected chi connectivity index (χ4v) is 1.84. The number of nitrogens with two attached hydrogens (primary N) is 1. The van der Waals surface area contributed by atoms with Crippen LogP contribution in [-0.4, -0.2) is 39.3 Å². The van der Waals surface area contributed by atoms with Gasteiger partial charge in [-0.05, 0) is 45.3 Å². The molecule has 0 saturated carbocycles. The number of nitrogens with zero attached hydrogens (tertiary/aromatic N) is 1. The topological polar surface area (TPSA) is 47.7 Å². The van der Waals surface area contributed by atoms with Gasteiger partial charge in [0.2, 0.25) is 0 Å². The Kier molecular flexibility index (Phi) is 12.4. The molecule has 0 bridgehead atoms. The van der Waals surface area contributed by atoms with Crippen LogP contribution in [0.3, 0.4) is 0 Å². The van der Waals surface area contributed by atoms with E-state index in [-0.39, 0.29) is 0 Å². The van der Waals surface area contributed by atoms with Crippen LogP contribution in [0.15, 0.2) is 47.4 Å². The van der Waals surface area contributed by atoms with E-state index in [1.165, 1.54) is 5.56 Å². The summed E-state index contributed by atoms with van der Waals surface area (Å²) in [5.74, 6) is 1.40. The Labute approximate surface area is 158 Å². The Bertz CT molecular complexity index is 566. The number of rotatable bonds is 5. The molecule has 0 aromatic heterocycles. The van der Waals surface area contributed by atoms with Gasteiger partial charge in [0.05, 0.1) is 7.11 Å². The number of methoxy groups -OCH3 is 1. The summed E-state index contributed by atoms with van der Waals surface area (Å²) in [5.41, 5.74) is 7.62. The van der Waals surface area contributed by atoms with E-state index >= 15 is 0 Å². The first-order valence-electron chi connectivity index (χ1n) is 8.39. The average Bonchev–Trinajstić information content (AvgIpc) is 2.60. The van der Waals surface area contributed by atoms with Crippen molar-refractivity contribution in [2.45, 2.75) is 25.7 Å². The highest BCUT2D eigenvalue weighted by Crippen LogP contribution is 2.28. The zero-order valence-corrected chi connectivity index (χ0v) is 17.1. The molecule has 0 radical (unpaired) electrons. The maximum Gasteiger partial charge on any atom is 0.163 e. The molecule has 140 valence electrons. The minimum absolute atomic E-state index is 0.618. The predicted molar refractivity (Wildman–Crippen MR) is 111 cm³/mol. The molecule has 4 nitrogen and oxygen atoms in total. The number of hydrogen-bond acceptors (Lipinski definition) is 5. The lowest BCUT2D eigenvalue weighted by Crippen LogP contribution is -2.19. The third-order valence-electron chi connectivity index (χ3n) is 3.02. The van der Waals surface area contributed by atoms with Crippen LogP contribution in [-0.2, 0) is 0 Å². The maximum absolute atomic E-state index is 5.67. The maximum atomic E-state index is 5.67. The number of likely N-dealkylation sites (N-methyl/N-ethyl adjacent to an activating group) is 1. The van der Waals surface area contributed by atoms with E-state index < -0.39 is 0 Å². The molecule has 2 N–H and O–H groups in total. The van der Waals surface area contributed by atoms with Crippen LogP contribution < -0.4 is 15.2 Å². The fraction of sp³-hybridized carbons (Fsp3) is 0.400. The zero-order chi connectivity index (χ0) is 19.2. The van der Waals surface area contributed by atoms with Crippen molar-refractivity contribution in [3.05, 3.63) is 48.0 Å². The number of ether oxygens (including phenoxy) is 2. The fourth-order valence-electron chi connectivity index (χ4n) is 1.69. The number of thiol groups is 1. The summed E-state index contributed by atoms with van der Waals surface area (Å²) < 4.78 is 10.7. The minimum Gasteiger partial charge on any atom is -0.493 e. The van der Waals surface area contributed by atoms with Gasteiger partial charge in [-0.25, -0.2) is 0 Å². The van der Waals surface area contributed by atoms with Gasteiger partial charge in [0.25, 0.3) is 0 Å². The SMILES string of the molecule is CC.COc1ccc(N)cc1OCCN(C)C.Cc1ccc(S)cc1. The summed E-state index contributed by atoms with van der Waals surface area (Å²) in [6.45, 7) is 7.54. The molecule has 2 aromatic rings. The number of nitrogen functional groups attached to an aromatic ring is 1. The zero-order valence-electron chi connectivity index (χ0n) is 16.2. The van der Waals surface area contributed by atoms with Gasteiger partial charge in [-0.3, -0.25) is 0 Å². The summed E-state index contributed by atoms with van der Waals surface area (Å²) in [7, 11) is 5.62. The van der Waals surface area contributed by atoms with Gasteiger partial charge >= 0.3 is 0 Å². The van der Waals surface area contributed by atoms with Crippen molar-refractivity contribution in [1.82, 2.24) is 4.90 Å². The summed E-state index contributed by atoms with van der Waals surface area (Å²) in [6.07, 6.45) is 0. The van der Waals surface area contributed by atoms with Crippen molar-refractivity contribution < 1.29 is 9.47 Å². The second-order valence-electron chi connectivity index (χ2n) is 5.40. The van der Waals surface area contributed by atoms with E-state index in [2.05, 4.69) is 24.5 Å². The van der Waals surface area contributed by atoms with Crippen LogP contribution in [0.5, 0.6) is 11.5 Å². The van der Waals surface area contributed by atoms with Crippen molar-refractivity contribution in [2.75, 3.05) is 40.1 Å². The third-order valence-corrected chi connectivity index (χ3v) is 3.32. The molecular weight excluding hydrogens is 332 g/mol.